The topological polar surface area (TPSA) is 0 Å². The van der Waals surface area contributed by atoms with Gasteiger partial charge >= 0.3 is 6.18 Å². The molecule has 0 saturated carbocycles. The highest BCUT2D eigenvalue weighted by molar-refractivity contribution is 5.20. The first kappa shape index (κ1) is 8.60. The number of hydrogen-bond donors (Lipinski definition) is 0. The van der Waals surface area contributed by atoms with Gasteiger partial charge in [-0.1, -0.05) is 37.3 Å². The van der Waals surface area contributed by atoms with Gasteiger partial charge in [-0.15, -0.1) is 0 Å². The minimum atomic E-state index is -4.52. The van der Waals surface area contributed by atoms with Crippen LogP contribution in [-0.4, -0.2) is 6.18 Å². The summed E-state index contributed by atoms with van der Waals surface area (Å²) >= 11 is 0. The molecule has 0 aliphatic heterocycles. The molecule has 1 aromatic rings. The molecule has 0 radical (unpaired) electrons. The number of rotatable bonds is 2. The van der Waals surface area contributed by atoms with E-state index < -0.39 is 12.1 Å². The molecular formula is C10H11F3. The van der Waals surface area contributed by atoms with Gasteiger partial charge in [0.25, 0.3) is 0 Å². The van der Waals surface area contributed by atoms with Crippen LogP contribution in [0.3, 0.4) is 0 Å². The Labute approximate surface area is 76.8 Å². The van der Waals surface area contributed by atoms with E-state index in [2.05, 4.69) is 0 Å². The predicted octanol–water partition coefficient (Wildman–Crippen LogP) is 3.74. The third-order valence-corrected chi connectivity index (χ3v) is 1.82. The third-order valence-electron chi connectivity index (χ3n) is 1.82. The Balaban J connectivity index is 3.15. The summed E-state index contributed by atoms with van der Waals surface area (Å²) in [5.74, 6) is -2.48. The molecular weight excluding hydrogens is 177 g/mol. The lowest BCUT2D eigenvalue weighted by molar-refractivity contribution is -0.151. The smallest absolute Gasteiger partial charge is 0.170 e. The highest BCUT2D eigenvalue weighted by atomic mass is 19.4. The normalized spacial score (nSPS) is 17.7. The summed E-state index contributed by atoms with van der Waals surface area (Å²) in [7, 11) is 0. The van der Waals surface area contributed by atoms with Gasteiger partial charge in [-0.3, -0.25) is 0 Å². The van der Waals surface area contributed by atoms with Crippen LogP contribution in [0.2, 0.25) is 0 Å². The van der Waals surface area contributed by atoms with Crippen molar-refractivity contribution in [1.82, 2.24) is 0 Å². The van der Waals surface area contributed by atoms with Crippen LogP contribution >= 0.6 is 0 Å². The molecule has 0 saturated heterocycles. The van der Waals surface area contributed by atoms with Gasteiger partial charge in [0.2, 0.25) is 0 Å². The average Bonchev–Trinajstić information content (AvgIpc) is 2.16. The molecule has 0 aliphatic rings. The van der Waals surface area contributed by atoms with Crippen LogP contribution in [-0.2, 0) is 0 Å². The van der Waals surface area contributed by atoms with Crippen LogP contribution in [0, 0.1) is 0 Å². The first-order valence-electron chi connectivity index (χ1n) is 4.54. The fourth-order valence-electron chi connectivity index (χ4n) is 1.21. The van der Waals surface area contributed by atoms with Crippen LogP contribution < -0.4 is 0 Å². The molecule has 13 heavy (non-hydrogen) atoms. The summed E-state index contributed by atoms with van der Waals surface area (Å²) in [4.78, 5) is 0. The van der Waals surface area contributed by atoms with E-state index in [-0.39, 0.29) is 12.0 Å². The molecule has 0 aromatic heterocycles. The van der Waals surface area contributed by atoms with Gasteiger partial charge in [0.1, 0.15) is 0 Å². The monoisotopic (exact) mass is 189 g/mol. The molecule has 72 valence electrons. The Kier molecular flexibility index (Phi) is 2.52. The fourth-order valence-corrected chi connectivity index (χ4v) is 1.21. The molecule has 0 spiro atoms. The van der Waals surface area contributed by atoms with Crippen molar-refractivity contribution in [2.24, 2.45) is 0 Å². The van der Waals surface area contributed by atoms with Crippen LogP contribution in [0.1, 0.15) is 26.2 Å². The van der Waals surface area contributed by atoms with E-state index in [4.69, 9.17) is 1.37 Å². The number of hydrogen-bond acceptors (Lipinski definition) is 0. The summed E-state index contributed by atoms with van der Waals surface area (Å²) in [6.07, 6.45) is -4.80. The lowest BCUT2D eigenvalue weighted by Gasteiger charge is -2.18. The number of alkyl halides is 3. The predicted molar refractivity (Wildman–Crippen MR) is 45.5 cm³/mol. The Bertz CT molecular complexity index is 294. The van der Waals surface area contributed by atoms with Gasteiger partial charge in [-0.05, 0) is 12.0 Å². The maximum Gasteiger partial charge on any atom is 0.395 e. The lowest BCUT2D eigenvalue weighted by atomic mass is 9.96. The van der Waals surface area contributed by atoms with Crippen molar-refractivity contribution in [2.45, 2.75) is 25.4 Å². The number of benzene rings is 1. The molecule has 1 rings (SSSR count). The van der Waals surface area contributed by atoms with E-state index in [1.165, 1.54) is 31.2 Å². The maximum atomic E-state index is 12.6. The van der Waals surface area contributed by atoms with E-state index >= 15 is 0 Å². The second-order valence-corrected chi connectivity index (χ2v) is 2.70. The SMILES string of the molecule is [2H][C@](CC)(c1ccccc1)C(F)(F)F. The van der Waals surface area contributed by atoms with Gasteiger partial charge in [-0.2, -0.15) is 13.2 Å². The second kappa shape index (κ2) is 3.81. The first-order valence-corrected chi connectivity index (χ1v) is 4.04. The molecule has 1 aromatic carbocycles. The van der Waals surface area contributed by atoms with Gasteiger partial charge < -0.3 is 0 Å². The minimum absolute atomic E-state index is 0.00463. The third kappa shape index (κ3) is 2.47. The van der Waals surface area contributed by atoms with Crippen molar-refractivity contribution >= 4 is 0 Å². The maximum absolute atomic E-state index is 12.6. The van der Waals surface area contributed by atoms with E-state index in [1.54, 1.807) is 6.07 Å². The fraction of sp³-hybridized carbons (Fsp3) is 0.400. The summed E-state index contributed by atoms with van der Waals surface area (Å²) in [6.45, 7) is 1.37. The van der Waals surface area contributed by atoms with Crippen LogP contribution in [0.25, 0.3) is 0 Å². The van der Waals surface area contributed by atoms with E-state index in [0.717, 1.165) is 0 Å². The molecule has 0 N–H and O–H groups in total. The Hall–Kier alpha value is -0.990. The van der Waals surface area contributed by atoms with Crippen LogP contribution in [0.4, 0.5) is 13.2 Å². The molecule has 0 amide bonds. The Morgan fingerprint density at radius 1 is 1.31 bits per heavy atom. The Morgan fingerprint density at radius 3 is 2.23 bits per heavy atom. The number of halogens is 3. The van der Waals surface area contributed by atoms with E-state index in [1.807, 2.05) is 0 Å². The summed E-state index contributed by atoms with van der Waals surface area (Å²) in [5, 5.41) is 0. The van der Waals surface area contributed by atoms with Crippen molar-refractivity contribution in [3.8, 4) is 0 Å². The quantitative estimate of drug-likeness (QED) is 0.664. The van der Waals surface area contributed by atoms with Crippen molar-refractivity contribution in [1.29, 1.82) is 0 Å². The molecule has 0 nitrogen and oxygen atoms in total. The highest BCUT2D eigenvalue weighted by Gasteiger charge is 2.38. The molecule has 0 unspecified atom stereocenters. The molecule has 0 heterocycles. The van der Waals surface area contributed by atoms with Crippen molar-refractivity contribution in [2.75, 3.05) is 0 Å². The highest BCUT2D eigenvalue weighted by Crippen LogP contribution is 2.36. The van der Waals surface area contributed by atoms with Crippen LogP contribution in [0.15, 0.2) is 30.3 Å². The molecule has 1 atom stereocenters. The summed E-state index contributed by atoms with van der Waals surface area (Å²) in [5.41, 5.74) is -0.00463. The first-order chi connectivity index (χ1) is 6.42. The van der Waals surface area contributed by atoms with E-state index in [0.29, 0.717) is 0 Å². The van der Waals surface area contributed by atoms with E-state index in [9.17, 15) is 13.2 Å². The average molecular weight is 189 g/mol. The minimum Gasteiger partial charge on any atom is -0.170 e. The van der Waals surface area contributed by atoms with Crippen molar-refractivity contribution < 1.29 is 14.5 Å². The van der Waals surface area contributed by atoms with Gasteiger partial charge in [0, 0.05) is 1.37 Å². The van der Waals surface area contributed by atoms with Gasteiger partial charge in [0.15, 0.2) is 0 Å². The van der Waals surface area contributed by atoms with Crippen molar-refractivity contribution in [3.05, 3.63) is 35.9 Å². The molecule has 3 heteroatoms. The zero-order chi connectivity index (χ0) is 10.8. The summed E-state index contributed by atoms with van der Waals surface area (Å²) in [6, 6.07) is 7.34. The van der Waals surface area contributed by atoms with Gasteiger partial charge in [-0.25, -0.2) is 0 Å². The van der Waals surface area contributed by atoms with Crippen molar-refractivity contribution in [3.63, 3.8) is 0 Å². The molecule has 0 fully saturated rings. The largest absolute Gasteiger partial charge is 0.395 e. The van der Waals surface area contributed by atoms with Crippen LogP contribution in [0.5, 0.6) is 0 Å². The second-order valence-electron chi connectivity index (χ2n) is 2.70. The molecule has 0 bridgehead atoms. The Morgan fingerprint density at radius 2 is 1.85 bits per heavy atom. The lowest BCUT2D eigenvalue weighted by Crippen LogP contribution is -2.19. The summed E-state index contributed by atoms with van der Waals surface area (Å²) < 4.78 is 45.2. The molecule has 0 aliphatic carbocycles. The van der Waals surface area contributed by atoms with Gasteiger partial charge in [0.05, 0.1) is 5.89 Å². The standard InChI is InChI=1S/C10H11F3/c1-2-9(10(11,12)13)8-6-4-3-5-7-8/h3-7,9H,2H2,1H3/t9-/m0/s1/i9D. The zero-order valence-electron chi connectivity index (χ0n) is 8.23. The zero-order valence-corrected chi connectivity index (χ0v) is 7.23.